The van der Waals surface area contributed by atoms with Gasteiger partial charge in [-0.05, 0) is 17.7 Å². The molecule has 1 N–H and O–H groups in total. The molecule has 1 aromatic heterocycles. The summed E-state index contributed by atoms with van der Waals surface area (Å²) in [6.07, 6.45) is 1.37. The fourth-order valence-electron chi connectivity index (χ4n) is 1.90. The zero-order valence-corrected chi connectivity index (χ0v) is 11.4. The lowest BCUT2D eigenvalue weighted by atomic mass is 10.2. The van der Waals surface area contributed by atoms with Crippen molar-refractivity contribution in [1.29, 1.82) is 0 Å². The largest absolute Gasteiger partial charge is 0.311 e. The van der Waals surface area contributed by atoms with Crippen molar-refractivity contribution in [3.8, 4) is 0 Å². The summed E-state index contributed by atoms with van der Waals surface area (Å²) in [5, 5.41) is 8.21. The molecule has 2 rings (SSSR count). The molecule has 0 aliphatic heterocycles. The highest BCUT2D eigenvalue weighted by Gasteiger charge is 2.04. The van der Waals surface area contributed by atoms with Crippen molar-refractivity contribution in [1.82, 2.24) is 15.1 Å². The summed E-state index contributed by atoms with van der Waals surface area (Å²) >= 11 is 0. The van der Waals surface area contributed by atoms with Gasteiger partial charge in [0, 0.05) is 18.0 Å². The normalized spacial score (nSPS) is 11.1. The molecule has 0 bridgehead atoms. The molecule has 2 aromatic rings. The summed E-state index contributed by atoms with van der Waals surface area (Å²) in [7, 11) is 0. The maximum atomic E-state index is 11.7. The predicted octanol–water partition coefficient (Wildman–Crippen LogP) is 1.95. The number of benzene rings is 1. The molecule has 100 valence electrons. The van der Waals surface area contributed by atoms with E-state index in [1.807, 2.05) is 28.9 Å². The van der Waals surface area contributed by atoms with Gasteiger partial charge in [-0.15, -0.1) is 0 Å². The minimum atomic E-state index is -0.0437. The summed E-state index contributed by atoms with van der Waals surface area (Å²) in [4.78, 5) is 11.7. The summed E-state index contributed by atoms with van der Waals surface area (Å²) in [5.41, 5.74) is 1.84. The number of rotatable bonds is 5. The molecular formula is C15H19N3O. The molecule has 0 saturated heterocycles. The van der Waals surface area contributed by atoms with Crippen molar-refractivity contribution in [3.05, 3.63) is 52.8 Å². The molecule has 0 saturated carbocycles. The maximum Gasteiger partial charge on any atom is 0.207 e. The Morgan fingerprint density at radius 2 is 2.16 bits per heavy atom. The van der Waals surface area contributed by atoms with Gasteiger partial charge in [0.1, 0.15) is 0 Å². The number of nitrogens with one attached hydrogen (secondary N) is 1. The van der Waals surface area contributed by atoms with E-state index in [1.165, 1.54) is 6.20 Å². The zero-order chi connectivity index (χ0) is 13.8. The first-order valence-corrected chi connectivity index (χ1v) is 6.43. The molecule has 0 spiro atoms. The molecule has 1 heterocycles. The van der Waals surface area contributed by atoms with Gasteiger partial charge >= 0.3 is 0 Å². The molecule has 0 radical (unpaired) electrons. The molecule has 0 fully saturated rings. The van der Waals surface area contributed by atoms with Crippen LogP contribution in [0, 0.1) is 0 Å². The van der Waals surface area contributed by atoms with E-state index >= 15 is 0 Å². The van der Waals surface area contributed by atoms with E-state index in [9.17, 15) is 4.79 Å². The van der Waals surface area contributed by atoms with Gasteiger partial charge in [-0.1, -0.05) is 32.6 Å². The second-order valence-electron chi connectivity index (χ2n) is 4.97. The highest BCUT2D eigenvalue weighted by Crippen LogP contribution is 2.09. The standard InChI is InChI=1S/C15H19N3O/c1-11(2)16-8-12(3)10-18-14-7-5-4-6-13(14)15(19)9-17-18/h4-7,9,11,16H,3,8,10H2,1-2H3. The lowest BCUT2D eigenvalue weighted by Crippen LogP contribution is -2.26. The number of aromatic nitrogens is 2. The molecule has 1 aromatic carbocycles. The first kappa shape index (κ1) is 13.5. The fraction of sp³-hybridized carbons (Fsp3) is 0.333. The average molecular weight is 257 g/mol. The number of fused-ring (bicyclic) bond motifs is 1. The third-order valence-electron chi connectivity index (χ3n) is 2.90. The minimum absolute atomic E-state index is 0.0437. The van der Waals surface area contributed by atoms with Crippen molar-refractivity contribution < 1.29 is 0 Å². The van der Waals surface area contributed by atoms with Crippen molar-refractivity contribution in [2.75, 3.05) is 6.54 Å². The average Bonchev–Trinajstić information content (AvgIpc) is 2.40. The Morgan fingerprint density at radius 3 is 2.89 bits per heavy atom. The van der Waals surface area contributed by atoms with E-state index in [4.69, 9.17) is 0 Å². The fourth-order valence-corrected chi connectivity index (χ4v) is 1.90. The second-order valence-corrected chi connectivity index (χ2v) is 4.97. The number of hydrogen-bond acceptors (Lipinski definition) is 3. The zero-order valence-electron chi connectivity index (χ0n) is 11.4. The van der Waals surface area contributed by atoms with Crippen LogP contribution in [0.3, 0.4) is 0 Å². The summed E-state index contributed by atoms with van der Waals surface area (Å²) in [5.74, 6) is 0. The smallest absolute Gasteiger partial charge is 0.207 e. The highest BCUT2D eigenvalue weighted by atomic mass is 16.1. The van der Waals surface area contributed by atoms with E-state index in [0.29, 0.717) is 18.0 Å². The molecule has 4 nitrogen and oxygen atoms in total. The van der Waals surface area contributed by atoms with Crippen LogP contribution in [0.25, 0.3) is 10.9 Å². The summed E-state index contributed by atoms with van der Waals surface area (Å²) < 4.78 is 1.82. The Balaban J connectivity index is 2.24. The lowest BCUT2D eigenvalue weighted by molar-refractivity contribution is 0.591. The van der Waals surface area contributed by atoms with Crippen molar-refractivity contribution in [3.63, 3.8) is 0 Å². The third-order valence-corrected chi connectivity index (χ3v) is 2.90. The van der Waals surface area contributed by atoms with Crippen LogP contribution in [0.5, 0.6) is 0 Å². The van der Waals surface area contributed by atoms with Crippen LogP contribution in [0.2, 0.25) is 0 Å². The first-order valence-electron chi connectivity index (χ1n) is 6.43. The van der Waals surface area contributed by atoms with Gasteiger partial charge < -0.3 is 5.32 Å². The van der Waals surface area contributed by atoms with E-state index < -0.39 is 0 Å². The molecule has 0 amide bonds. The summed E-state index contributed by atoms with van der Waals surface area (Å²) in [6.45, 7) is 9.61. The van der Waals surface area contributed by atoms with E-state index in [2.05, 4.69) is 30.8 Å². The van der Waals surface area contributed by atoms with Gasteiger partial charge in [0.15, 0.2) is 0 Å². The van der Waals surface area contributed by atoms with Gasteiger partial charge in [-0.25, -0.2) is 0 Å². The molecular weight excluding hydrogens is 238 g/mol. The molecule has 19 heavy (non-hydrogen) atoms. The Bertz CT molecular complexity index is 643. The lowest BCUT2D eigenvalue weighted by Gasteiger charge is -2.13. The Hall–Kier alpha value is -1.94. The quantitative estimate of drug-likeness (QED) is 0.833. The van der Waals surface area contributed by atoms with Crippen LogP contribution in [-0.4, -0.2) is 22.4 Å². The van der Waals surface area contributed by atoms with Gasteiger partial charge in [0.05, 0.1) is 18.3 Å². The van der Waals surface area contributed by atoms with Crippen molar-refractivity contribution >= 4 is 10.9 Å². The van der Waals surface area contributed by atoms with Crippen LogP contribution in [-0.2, 0) is 6.54 Å². The van der Waals surface area contributed by atoms with Gasteiger partial charge in [0.2, 0.25) is 5.43 Å². The van der Waals surface area contributed by atoms with Crippen molar-refractivity contribution in [2.24, 2.45) is 0 Å². The monoisotopic (exact) mass is 257 g/mol. The van der Waals surface area contributed by atoms with Crippen LogP contribution >= 0.6 is 0 Å². The van der Waals surface area contributed by atoms with Gasteiger partial charge in [-0.2, -0.15) is 5.10 Å². The van der Waals surface area contributed by atoms with E-state index in [-0.39, 0.29) is 5.43 Å². The Kier molecular flexibility index (Phi) is 4.12. The molecule has 0 unspecified atom stereocenters. The number of para-hydroxylation sites is 1. The Labute approximate surface area is 112 Å². The minimum Gasteiger partial charge on any atom is -0.311 e. The SMILES string of the molecule is C=C(CNC(C)C)Cn1ncc(=O)c2ccccc21. The van der Waals surface area contributed by atoms with E-state index in [0.717, 1.165) is 17.6 Å². The molecule has 0 aliphatic rings. The highest BCUT2D eigenvalue weighted by molar-refractivity contribution is 5.77. The molecule has 0 aliphatic carbocycles. The van der Waals surface area contributed by atoms with Crippen molar-refractivity contribution in [2.45, 2.75) is 26.4 Å². The maximum absolute atomic E-state index is 11.7. The Morgan fingerprint density at radius 1 is 1.42 bits per heavy atom. The number of nitrogens with zero attached hydrogens (tertiary/aromatic N) is 2. The van der Waals surface area contributed by atoms with Crippen LogP contribution in [0.15, 0.2) is 47.4 Å². The predicted molar refractivity (Wildman–Crippen MR) is 78.3 cm³/mol. The third kappa shape index (κ3) is 3.29. The van der Waals surface area contributed by atoms with Crippen LogP contribution < -0.4 is 10.7 Å². The summed E-state index contributed by atoms with van der Waals surface area (Å²) in [6, 6.07) is 7.94. The van der Waals surface area contributed by atoms with Gasteiger partial charge in [0.25, 0.3) is 0 Å². The second kappa shape index (κ2) is 5.80. The van der Waals surface area contributed by atoms with E-state index in [1.54, 1.807) is 0 Å². The van der Waals surface area contributed by atoms with Crippen LogP contribution in [0.1, 0.15) is 13.8 Å². The number of hydrogen-bond donors (Lipinski definition) is 1. The molecule has 4 heteroatoms. The topological polar surface area (TPSA) is 46.9 Å². The van der Waals surface area contributed by atoms with Gasteiger partial charge in [-0.3, -0.25) is 9.48 Å². The molecule has 0 atom stereocenters. The van der Waals surface area contributed by atoms with Crippen LogP contribution in [0.4, 0.5) is 0 Å². The first-order chi connectivity index (χ1) is 9.08.